The smallest absolute Gasteiger partial charge is 0.125 e. The number of hydrogen-bond donors (Lipinski definition) is 2. The molecule has 0 radical (unpaired) electrons. The summed E-state index contributed by atoms with van der Waals surface area (Å²) in [5.41, 5.74) is 2.42. The van der Waals surface area contributed by atoms with Crippen LogP contribution in [0.15, 0.2) is 5.51 Å². The Bertz CT molecular complexity index is 328. The fraction of sp³-hybridized carbons (Fsp3) is 0.667. The Labute approximate surface area is 80.8 Å². The number of rotatable bonds is 2. The number of aromatic nitrogens is 1. The van der Waals surface area contributed by atoms with E-state index in [9.17, 15) is 5.11 Å². The van der Waals surface area contributed by atoms with Gasteiger partial charge in [-0.15, -0.1) is 11.3 Å². The Hall–Kier alpha value is -0.450. The number of nitrogens with zero attached hydrogens (tertiary/aromatic N) is 1. The lowest BCUT2D eigenvalue weighted by Gasteiger charge is -2.37. The topological polar surface area (TPSA) is 45.2 Å². The van der Waals surface area contributed by atoms with Crippen LogP contribution < -0.4 is 5.32 Å². The molecule has 0 unspecified atom stereocenters. The highest BCUT2D eigenvalue weighted by Crippen LogP contribution is 2.45. The van der Waals surface area contributed by atoms with Gasteiger partial charge >= 0.3 is 0 Å². The van der Waals surface area contributed by atoms with Gasteiger partial charge in [0.1, 0.15) is 5.60 Å². The van der Waals surface area contributed by atoms with E-state index in [1.165, 1.54) is 12.8 Å². The van der Waals surface area contributed by atoms with Gasteiger partial charge in [0.05, 0.1) is 16.1 Å². The van der Waals surface area contributed by atoms with E-state index in [2.05, 4.69) is 10.3 Å². The maximum Gasteiger partial charge on any atom is 0.125 e. The van der Waals surface area contributed by atoms with Crippen molar-refractivity contribution in [2.45, 2.75) is 24.4 Å². The first kappa shape index (κ1) is 7.91. The van der Waals surface area contributed by atoms with E-state index in [1.807, 2.05) is 5.51 Å². The average molecular weight is 196 g/mol. The van der Waals surface area contributed by atoms with E-state index in [-0.39, 0.29) is 0 Å². The second-order valence-electron chi connectivity index (χ2n) is 3.98. The Morgan fingerprint density at radius 2 is 2.31 bits per heavy atom. The lowest BCUT2D eigenvalue weighted by atomic mass is 9.93. The molecular formula is C9H12N2OS. The zero-order valence-corrected chi connectivity index (χ0v) is 8.10. The first-order valence-corrected chi connectivity index (χ1v) is 5.54. The monoisotopic (exact) mass is 196 g/mol. The molecule has 0 aromatic carbocycles. The number of hydrogen-bond acceptors (Lipinski definition) is 4. The van der Waals surface area contributed by atoms with E-state index in [0.29, 0.717) is 19.0 Å². The standard InChI is InChI=1S/C9H12N2OS/c12-9(3-10-4-9)8-7(6-1-2-6)11-5-13-8/h5-6,10,12H,1-4H2. The quantitative estimate of drug-likeness (QED) is 0.736. The highest BCUT2D eigenvalue weighted by Gasteiger charge is 2.42. The summed E-state index contributed by atoms with van der Waals surface area (Å²) in [5, 5.41) is 13.2. The van der Waals surface area contributed by atoms with Gasteiger partial charge in [0, 0.05) is 19.0 Å². The van der Waals surface area contributed by atoms with Crippen molar-refractivity contribution in [3.05, 3.63) is 16.1 Å². The fourth-order valence-corrected chi connectivity index (χ4v) is 2.75. The molecule has 13 heavy (non-hydrogen) atoms. The molecule has 1 saturated carbocycles. The van der Waals surface area contributed by atoms with Gasteiger partial charge in [-0.1, -0.05) is 0 Å². The van der Waals surface area contributed by atoms with E-state index >= 15 is 0 Å². The van der Waals surface area contributed by atoms with Crippen LogP contribution >= 0.6 is 11.3 Å². The van der Waals surface area contributed by atoms with E-state index < -0.39 is 5.60 Å². The Morgan fingerprint density at radius 1 is 1.54 bits per heavy atom. The minimum Gasteiger partial charge on any atom is -0.382 e. The van der Waals surface area contributed by atoms with Crippen LogP contribution in [0.25, 0.3) is 0 Å². The third-order valence-electron chi connectivity index (χ3n) is 2.82. The van der Waals surface area contributed by atoms with Crippen LogP contribution in [0.3, 0.4) is 0 Å². The number of thiazole rings is 1. The molecule has 1 saturated heterocycles. The van der Waals surface area contributed by atoms with Crippen LogP contribution in [-0.2, 0) is 5.60 Å². The Morgan fingerprint density at radius 3 is 2.85 bits per heavy atom. The molecule has 2 fully saturated rings. The average Bonchev–Trinajstić information content (AvgIpc) is 2.80. The predicted octanol–water partition coefficient (Wildman–Crippen LogP) is 0.811. The molecule has 1 aliphatic carbocycles. The number of nitrogens with one attached hydrogen (secondary N) is 1. The molecule has 1 aliphatic heterocycles. The van der Waals surface area contributed by atoms with E-state index in [1.54, 1.807) is 11.3 Å². The molecule has 70 valence electrons. The lowest BCUT2D eigenvalue weighted by Crippen LogP contribution is -2.56. The van der Waals surface area contributed by atoms with Crippen LogP contribution in [0.1, 0.15) is 29.3 Å². The molecule has 2 heterocycles. The van der Waals surface area contributed by atoms with Crippen molar-refractivity contribution in [3.63, 3.8) is 0 Å². The summed E-state index contributed by atoms with van der Waals surface area (Å²) in [4.78, 5) is 5.46. The lowest BCUT2D eigenvalue weighted by molar-refractivity contribution is -0.0121. The largest absolute Gasteiger partial charge is 0.382 e. The molecule has 0 amide bonds. The third-order valence-corrected chi connectivity index (χ3v) is 3.85. The van der Waals surface area contributed by atoms with Crippen molar-refractivity contribution >= 4 is 11.3 Å². The molecule has 0 spiro atoms. The second kappa shape index (κ2) is 2.53. The van der Waals surface area contributed by atoms with Crippen molar-refractivity contribution in [3.8, 4) is 0 Å². The first-order valence-electron chi connectivity index (χ1n) is 4.66. The summed E-state index contributed by atoms with van der Waals surface area (Å²) in [5.74, 6) is 0.644. The van der Waals surface area contributed by atoms with Crippen molar-refractivity contribution in [1.29, 1.82) is 0 Å². The molecule has 1 aromatic rings. The first-order chi connectivity index (χ1) is 6.30. The molecule has 3 rings (SSSR count). The van der Waals surface area contributed by atoms with Crippen molar-refractivity contribution in [2.75, 3.05) is 13.1 Å². The predicted molar refractivity (Wildman–Crippen MR) is 50.9 cm³/mol. The minimum atomic E-state index is -0.598. The fourth-order valence-electron chi connectivity index (χ4n) is 1.77. The van der Waals surface area contributed by atoms with Gasteiger partial charge in [0.15, 0.2) is 0 Å². The van der Waals surface area contributed by atoms with Crippen LogP contribution in [-0.4, -0.2) is 23.2 Å². The molecule has 3 nitrogen and oxygen atoms in total. The minimum absolute atomic E-state index is 0.598. The van der Waals surface area contributed by atoms with Crippen LogP contribution in [0, 0.1) is 0 Å². The summed E-state index contributed by atoms with van der Waals surface area (Å²) in [7, 11) is 0. The van der Waals surface area contributed by atoms with Crippen molar-refractivity contribution in [2.24, 2.45) is 0 Å². The van der Waals surface area contributed by atoms with Gasteiger partial charge in [0.2, 0.25) is 0 Å². The highest BCUT2D eigenvalue weighted by molar-refractivity contribution is 7.09. The van der Waals surface area contributed by atoms with Crippen molar-refractivity contribution < 1.29 is 5.11 Å². The number of aliphatic hydroxyl groups is 1. The molecule has 1 aromatic heterocycles. The maximum absolute atomic E-state index is 10.1. The summed E-state index contributed by atoms with van der Waals surface area (Å²) in [6.07, 6.45) is 2.50. The van der Waals surface area contributed by atoms with Gasteiger partial charge in [-0.25, -0.2) is 4.98 Å². The van der Waals surface area contributed by atoms with Crippen molar-refractivity contribution in [1.82, 2.24) is 10.3 Å². The van der Waals surface area contributed by atoms with Gasteiger partial charge in [-0.2, -0.15) is 0 Å². The Kier molecular flexibility index (Phi) is 1.54. The zero-order valence-electron chi connectivity index (χ0n) is 7.29. The molecule has 2 aliphatic rings. The van der Waals surface area contributed by atoms with Crippen LogP contribution in [0.2, 0.25) is 0 Å². The maximum atomic E-state index is 10.1. The van der Waals surface area contributed by atoms with E-state index in [0.717, 1.165) is 10.6 Å². The molecule has 0 atom stereocenters. The molecule has 4 heteroatoms. The summed E-state index contributed by atoms with van der Waals surface area (Å²) < 4.78 is 0. The summed E-state index contributed by atoms with van der Waals surface area (Å²) >= 11 is 1.60. The summed E-state index contributed by atoms with van der Waals surface area (Å²) in [6, 6.07) is 0. The zero-order chi connectivity index (χ0) is 8.89. The van der Waals surface area contributed by atoms with Crippen LogP contribution in [0.5, 0.6) is 0 Å². The van der Waals surface area contributed by atoms with Gasteiger partial charge in [-0.3, -0.25) is 0 Å². The third kappa shape index (κ3) is 1.13. The van der Waals surface area contributed by atoms with Crippen LogP contribution in [0.4, 0.5) is 0 Å². The summed E-state index contributed by atoms with van der Waals surface area (Å²) in [6.45, 7) is 1.38. The molecular weight excluding hydrogens is 184 g/mol. The van der Waals surface area contributed by atoms with Gasteiger partial charge < -0.3 is 10.4 Å². The highest BCUT2D eigenvalue weighted by atomic mass is 32.1. The van der Waals surface area contributed by atoms with Gasteiger partial charge in [0.25, 0.3) is 0 Å². The SMILES string of the molecule is OC1(c2scnc2C2CC2)CNC1. The number of β-amino-alcohol motifs (C(OH)–C–C–N with tert-alkyl or cyclic N) is 1. The van der Waals surface area contributed by atoms with Gasteiger partial charge in [-0.05, 0) is 12.8 Å². The van der Waals surface area contributed by atoms with E-state index in [4.69, 9.17) is 0 Å². The normalized spacial score (nSPS) is 25.6. The molecule has 2 N–H and O–H groups in total. The second-order valence-corrected chi connectivity index (χ2v) is 4.83. The molecule has 0 bridgehead atoms. The Balaban J connectivity index is 1.98.